The highest BCUT2D eigenvalue weighted by Gasteiger charge is 2.14. The van der Waals surface area contributed by atoms with E-state index in [1.54, 1.807) is 14.2 Å². The molecule has 2 N–H and O–H groups in total. The summed E-state index contributed by atoms with van der Waals surface area (Å²) in [6, 6.07) is 11.9. The van der Waals surface area contributed by atoms with Gasteiger partial charge >= 0.3 is 0 Å². The Balaban J connectivity index is 2.23. The lowest BCUT2D eigenvalue weighted by atomic mass is 10.2. The largest absolute Gasteiger partial charge is 0.493 e. The molecule has 0 saturated heterocycles. The van der Waals surface area contributed by atoms with Crippen molar-refractivity contribution in [2.75, 3.05) is 14.2 Å². The van der Waals surface area contributed by atoms with Gasteiger partial charge in [-0.25, -0.2) is 0 Å². The van der Waals surface area contributed by atoms with Crippen molar-refractivity contribution in [3.05, 3.63) is 51.1 Å². The van der Waals surface area contributed by atoms with Gasteiger partial charge in [0, 0.05) is 10.1 Å². The van der Waals surface area contributed by atoms with E-state index in [-0.39, 0.29) is 0 Å². The first-order valence-electron chi connectivity index (χ1n) is 6.50. The Morgan fingerprint density at radius 3 is 2.00 bits per heavy atom. The molecular formula is C16H18INO3. The Morgan fingerprint density at radius 2 is 1.52 bits per heavy atom. The first-order chi connectivity index (χ1) is 10.2. The van der Waals surface area contributed by atoms with Gasteiger partial charge in [-0.1, -0.05) is 12.1 Å². The van der Waals surface area contributed by atoms with Crippen LogP contribution in [0.4, 0.5) is 0 Å². The average molecular weight is 399 g/mol. The Morgan fingerprint density at radius 1 is 0.952 bits per heavy atom. The van der Waals surface area contributed by atoms with Gasteiger partial charge in [-0.3, -0.25) is 0 Å². The molecule has 0 aliphatic rings. The van der Waals surface area contributed by atoms with Crippen molar-refractivity contribution < 1.29 is 14.2 Å². The Labute approximate surface area is 138 Å². The second-order valence-electron chi connectivity index (χ2n) is 4.45. The highest BCUT2D eigenvalue weighted by atomic mass is 127. The highest BCUT2D eigenvalue weighted by molar-refractivity contribution is 14.1. The molecule has 0 radical (unpaired) electrons. The van der Waals surface area contributed by atoms with Gasteiger partial charge in [-0.15, -0.1) is 0 Å². The molecule has 0 heterocycles. The Kier molecular flexibility index (Phi) is 5.69. The van der Waals surface area contributed by atoms with Crippen LogP contribution in [0.25, 0.3) is 0 Å². The van der Waals surface area contributed by atoms with Gasteiger partial charge in [0.1, 0.15) is 6.61 Å². The predicted octanol–water partition coefficient (Wildman–Crippen LogP) is 3.35. The van der Waals surface area contributed by atoms with Crippen LogP contribution >= 0.6 is 22.6 Å². The lowest BCUT2D eigenvalue weighted by Gasteiger charge is -2.16. The van der Waals surface area contributed by atoms with Crippen LogP contribution in [0, 0.1) is 3.57 Å². The third kappa shape index (κ3) is 4.01. The molecule has 0 saturated carbocycles. The zero-order valence-corrected chi connectivity index (χ0v) is 14.2. The summed E-state index contributed by atoms with van der Waals surface area (Å²) in [5.41, 5.74) is 7.69. The Hall–Kier alpha value is -1.47. The molecule has 0 unspecified atom stereocenters. The lowest BCUT2D eigenvalue weighted by Crippen LogP contribution is -2.03. The SMILES string of the molecule is COc1cc(CN)cc(OC)c1OCc1ccc(I)cc1. The zero-order chi connectivity index (χ0) is 15.2. The predicted molar refractivity (Wildman–Crippen MR) is 90.9 cm³/mol. The molecule has 0 aliphatic heterocycles. The van der Waals surface area contributed by atoms with Gasteiger partial charge in [0.05, 0.1) is 14.2 Å². The van der Waals surface area contributed by atoms with Crippen molar-refractivity contribution in [3.63, 3.8) is 0 Å². The van der Waals surface area contributed by atoms with E-state index >= 15 is 0 Å². The van der Waals surface area contributed by atoms with Gasteiger partial charge in [0.2, 0.25) is 5.75 Å². The molecule has 0 bridgehead atoms. The van der Waals surface area contributed by atoms with Gasteiger partial charge < -0.3 is 19.9 Å². The maximum atomic E-state index is 5.88. The minimum absolute atomic E-state index is 0.421. The fourth-order valence-corrected chi connectivity index (χ4v) is 2.29. The molecule has 2 aromatic rings. The average Bonchev–Trinajstić information content (AvgIpc) is 2.53. The Bertz CT molecular complexity index is 574. The lowest BCUT2D eigenvalue weighted by molar-refractivity contribution is 0.265. The number of hydrogen-bond donors (Lipinski definition) is 1. The molecule has 21 heavy (non-hydrogen) atoms. The quantitative estimate of drug-likeness (QED) is 0.758. The number of hydrogen-bond acceptors (Lipinski definition) is 4. The molecule has 5 heteroatoms. The molecule has 0 aromatic heterocycles. The van der Waals surface area contributed by atoms with Gasteiger partial charge in [-0.2, -0.15) is 0 Å². The van der Waals surface area contributed by atoms with Crippen molar-refractivity contribution in [3.8, 4) is 17.2 Å². The maximum Gasteiger partial charge on any atom is 0.203 e. The summed E-state index contributed by atoms with van der Waals surface area (Å²) in [5.74, 6) is 1.84. The number of nitrogens with two attached hydrogens (primary N) is 1. The summed E-state index contributed by atoms with van der Waals surface area (Å²) in [4.78, 5) is 0. The molecule has 0 spiro atoms. The standard InChI is InChI=1S/C16H18INO3/c1-19-14-7-12(9-18)8-15(20-2)16(14)21-10-11-3-5-13(17)6-4-11/h3-8H,9-10,18H2,1-2H3. The van der Waals surface area contributed by atoms with E-state index in [2.05, 4.69) is 22.6 Å². The molecule has 2 aromatic carbocycles. The first kappa shape index (κ1) is 15.9. The second-order valence-corrected chi connectivity index (χ2v) is 5.69. The summed E-state index contributed by atoms with van der Waals surface area (Å²) in [6.07, 6.45) is 0. The molecule has 0 fully saturated rings. The number of benzene rings is 2. The van der Waals surface area contributed by atoms with Crippen molar-refractivity contribution in [1.82, 2.24) is 0 Å². The fraction of sp³-hybridized carbons (Fsp3) is 0.250. The number of rotatable bonds is 6. The van der Waals surface area contributed by atoms with E-state index in [4.69, 9.17) is 19.9 Å². The van der Waals surface area contributed by atoms with E-state index in [1.165, 1.54) is 3.57 Å². The molecule has 0 atom stereocenters. The smallest absolute Gasteiger partial charge is 0.203 e. The summed E-state index contributed by atoms with van der Waals surface area (Å²) >= 11 is 2.27. The minimum Gasteiger partial charge on any atom is -0.493 e. The molecule has 4 nitrogen and oxygen atoms in total. The van der Waals surface area contributed by atoms with Crippen LogP contribution in [0.1, 0.15) is 11.1 Å². The highest BCUT2D eigenvalue weighted by Crippen LogP contribution is 2.39. The first-order valence-corrected chi connectivity index (χ1v) is 7.58. The van der Waals surface area contributed by atoms with E-state index in [0.717, 1.165) is 11.1 Å². The van der Waals surface area contributed by atoms with Crippen LogP contribution in [0.2, 0.25) is 0 Å². The van der Waals surface area contributed by atoms with Crippen LogP contribution in [-0.2, 0) is 13.2 Å². The minimum atomic E-state index is 0.421. The number of ether oxygens (including phenoxy) is 3. The number of halogens is 1. The third-order valence-electron chi connectivity index (χ3n) is 3.05. The molecule has 0 amide bonds. The van der Waals surface area contributed by atoms with Gasteiger partial charge in [0.25, 0.3) is 0 Å². The van der Waals surface area contributed by atoms with E-state index in [1.807, 2.05) is 36.4 Å². The van der Waals surface area contributed by atoms with Crippen molar-refractivity contribution >= 4 is 22.6 Å². The van der Waals surface area contributed by atoms with Crippen LogP contribution in [0.5, 0.6) is 17.2 Å². The van der Waals surface area contributed by atoms with Crippen LogP contribution < -0.4 is 19.9 Å². The summed E-state index contributed by atoms with van der Waals surface area (Å²) in [5, 5.41) is 0. The van der Waals surface area contributed by atoms with E-state index in [0.29, 0.717) is 30.4 Å². The van der Waals surface area contributed by atoms with Crippen molar-refractivity contribution in [2.45, 2.75) is 13.2 Å². The van der Waals surface area contributed by atoms with E-state index in [9.17, 15) is 0 Å². The molecule has 112 valence electrons. The summed E-state index contributed by atoms with van der Waals surface area (Å²) < 4.78 is 17.8. The third-order valence-corrected chi connectivity index (χ3v) is 3.77. The fourth-order valence-electron chi connectivity index (χ4n) is 1.93. The maximum absolute atomic E-state index is 5.88. The summed E-state index contributed by atoms with van der Waals surface area (Å²) in [7, 11) is 3.21. The van der Waals surface area contributed by atoms with Crippen LogP contribution in [0.3, 0.4) is 0 Å². The van der Waals surface area contributed by atoms with Gasteiger partial charge in [0.15, 0.2) is 11.5 Å². The van der Waals surface area contributed by atoms with Gasteiger partial charge in [-0.05, 0) is 58.0 Å². The second kappa shape index (κ2) is 7.51. The topological polar surface area (TPSA) is 53.7 Å². The van der Waals surface area contributed by atoms with E-state index < -0.39 is 0 Å². The van der Waals surface area contributed by atoms with Crippen molar-refractivity contribution in [1.29, 1.82) is 0 Å². The molecular weight excluding hydrogens is 381 g/mol. The normalized spacial score (nSPS) is 10.3. The molecule has 2 rings (SSSR count). The number of methoxy groups -OCH3 is 2. The summed E-state index contributed by atoms with van der Waals surface area (Å²) in [6.45, 7) is 0.871. The monoisotopic (exact) mass is 399 g/mol. The van der Waals surface area contributed by atoms with Crippen LogP contribution in [-0.4, -0.2) is 14.2 Å². The molecule has 0 aliphatic carbocycles. The van der Waals surface area contributed by atoms with Crippen molar-refractivity contribution in [2.24, 2.45) is 5.73 Å². The zero-order valence-electron chi connectivity index (χ0n) is 12.1. The van der Waals surface area contributed by atoms with Crippen LogP contribution in [0.15, 0.2) is 36.4 Å².